The van der Waals surface area contributed by atoms with Gasteiger partial charge in [0.25, 0.3) is 0 Å². The number of hydrogen-bond donors (Lipinski definition) is 0. The van der Waals surface area contributed by atoms with Gasteiger partial charge in [-0.25, -0.2) is 14.0 Å². The Morgan fingerprint density at radius 1 is 1.22 bits per heavy atom. The Hall–Kier alpha value is -2.62. The third-order valence-corrected chi connectivity index (χ3v) is 4.93. The summed E-state index contributed by atoms with van der Waals surface area (Å²) in [6, 6.07) is 9.91. The summed E-state index contributed by atoms with van der Waals surface area (Å²) in [4.78, 5) is 19.1. The molecule has 0 bridgehead atoms. The van der Waals surface area contributed by atoms with Crippen molar-refractivity contribution in [1.82, 2.24) is 4.90 Å². The summed E-state index contributed by atoms with van der Waals surface area (Å²) >= 11 is 6.18. The SMILES string of the molecule is [C-]#[N+]c1ccc(N2CCN(Cc3ccc(C(=O)OC)c(Cl)c3)CC2)c(F)c1. The number of piperazine rings is 1. The number of rotatable bonds is 4. The Balaban J connectivity index is 1.61. The number of carbonyl (C=O) groups excluding carboxylic acids is 1. The fourth-order valence-electron chi connectivity index (χ4n) is 3.16. The Morgan fingerprint density at radius 3 is 2.56 bits per heavy atom. The maximum absolute atomic E-state index is 14.2. The summed E-state index contributed by atoms with van der Waals surface area (Å²) < 4.78 is 18.9. The monoisotopic (exact) mass is 387 g/mol. The lowest BCUT2D eigenvalue weighted by molar-refractivity contribution is 0.0601. The number of benzene rings is 2. The standard InChI is InChI=1S/C20H19ClFN3O2/c1-23-15-4-6-19(18(22)12-15)25-9-7-24(8-10-25)13-14-3-5-16(17(21)11-14)20(26)27-2/h3-6,11-12H,7-10,13H2,2H3. The highest BCUT2D eigenvalue weighted by atomic mass is 35.5. The molecule has 0 saturated carbocycles. The molecule has 0 unspecified atom stereocenters. The van der Waals surface area contributed by atoms with Gasteiger partial charge in [0.1, 0.15) is 5.82 Å². The van der Waals surface area contributed by atoms with Gasteiger partial charge in [0, 0.05) is 32.7 Å². The molecule has 5 nitrogen and oxygen atoms in total. The first-order chi connectivity index (χ1) is 13.0. The number of hydrogen-bond acceptors (Lipinski definition) is 4. The van der Waals surface area contributed by atoms with Gasteiger partial charge in [-0.2, -0.15) is 0 Å². The van der Waals surface area contributed by atoms with Gasteiger partial charge < -0.3 is 9.64 Å². The second-order valence-corrected chi connectivity index (χ2v) is 6.72. The van der Waals surface area contributed by atoms with E-state index in [0.29, 0.717) is 41.6 Å². The molecule has 1 aliphatic rings. The second kappa shape index (κ2) is 8.38. The topological polar surface area (TPSA) is 37.1 Å². The highest BCUT2D eigenvalue weighted by Gasteiger charge is 2.20. The van der Waals surface area contributed by atoms with Gasteiger partial charge in [0.15, 0.2) is 5.69 Å². The Labute approximate surface area is 162 Å². The van der Waals surface area contributed by atoms with E-state index in [9.17, 15) is 9.18 Å². The van der Waals surface area contributed by atoms with Gasteiger partial charge in [-0.3, -0.25) is 4.90 Å². The number of halogens is 2. The molecule has 1 saturated heterocycles. The largest absolute Gasteiger partial charge is 0.465 e. The molecule has 3 rings (SSSR count). The van der Waals surface area contributed by atoms with E-state index in [1.165, 1.54) is 13.2 Å². The predicted octanol–water partition coefficient (Wildman–Crippen LogP) is 4.14. The molecular weight excluding hydrogens is 369 g/mol. The summed E-state index contributed by atoms with van der Waals surface area (Å²) in [5.74, 6) is -0.812. The van der Waals surface area contributed by atoms with E-state index in [1.807, 2.05) is 11.0 Å². The van der Waals surface area contributed by atoms with Gasteiger partial charge >= 0.3 is 5.97 Å². The minimum absolute atomic E-state index is 0.308. The molecule has 0 spiro atoms. The van der Waals surface area contributed by atoms with Crippen LogP contribution in [-0.2, 0) is 11.3 Å². The summed E-state index contributed by atoms with van der Waals surface area (Å²) in [7, 11) is 1.32. The molecule has 1 heterocycles. The fraction of sp³-hybridized carbons (Fsp3) is 0.300. The van der Waals surface area contributed by atoms with Crippen LogP contribution >= 0.6 is 11.6 Å². The molecular formula is C20H19ClFN3O2. The zero-order chi connectivity index (χ0) is 19.4. The van der Waals surface area contributed by atoms with Crippen molar-refractivity contribution in [2.75, 3.05) is 38.2 Å². The molecule has 27 heavy (non-hydrogen) atoms. The second-order valence-electron chi connectivity index (χ2n) is 6.32. The lowest BCUT2D eigenvalue weighted by Crippen LogP contribution is -2.46. The highest BCUT2D eigenvalue weighted by molar-refractivity contribution is 6.33. The van der Waals surface area contributed by atoms with Crippen LogP contribution in [0.4, 0.5) is 15.8 Å². The lowest BCUT2D eigenvalue weighted by atomic mass is 10.1. The first kappa shape index (κ1) is 19.2. The van der Waals surface area contributed by atoms with Crippen LogP contribution in [0.2, 0.25) is 5.02 Å². The van der Waals surface area contributed by atoms with Crippen molar-refractivity contribution < 1.29 is 13.9 Å². The first-order valence-corrected chi connectivity index (χ1v) is 8.90. The van der Waals surface area contributed by atoms with E-state index < -0.39 is 5.97 Å². The van der Waals surface area contributed by atoms with E-state index in [2.05, 4.69) is 9.74 Å². The summed E-state index contributed by atoms with van der Waals surface area (Å²) in [6.07, 6.45) is 0. The van der Waals surface area contributed by atoms with Crippen molar-refractivity contribution in [3.8, 4) is 0 Å². The molecule has 140 valence electrons. The first-order valence-electron chi connectivity index (χ1n) is 8.53. The molecule has 0 atom stereocenters. The van der Waals surface area contributed by atoms with Crippen molar-refractivity contribution >= 4 is 28.9 Å². The molecule has 1 aliphatic heterocycles. The molecule has 0 amide bonds. The van der Waals surface area contributed by atoms with E-state index >= 15 is 0 Å². The number of esters is 1. The lowest BCUT2D eigenvalue weighted by Gasteiger charge is -2.36. The highest BCUT2D eigenvalue weighted by Crippen LogP contribution is 2.26. The summed E-state index contributed by atoms with van der Waals surface area (Å²) in [6.45, 7) is 10.6. The van der Waals surface area contributed by atoms with E-state index in [1.54, 1.807) is 24.3 Å². The third kappa shape index (κ3) is 4.38. The molecule has 0 aromatic heterocycles. The third-order valence-electron chi connectivity index (χ3n) is 4.62. The minimum atomic E-state index is -0.452. The van der Waals surface area contributed by atoms with Crippen LogP contribution in [0.15, 0.2) is 36.4 Å². The molecule has 0 radical (unpaired) electrons. The van der Waals surface area contributed by atoms with E-state index in [0.717, 1.165) is 18.7 Å². The Kier molecular flexibility index (Phi) is 5.94. The average molecular weight is 388 g/mol. The van der Waals surface area contributed by atoms with Gasteiger partial charge in [0.2, 0.25) is 0 Å². The minimum Gasteiger partial charge on any atom is -0.465 e. The van der Waals surface area contributed by atoms with Gasteiger partial charge in [-0.15, -0.1) is 0 Å². The summed E-state index contributed by atoms with van der Waals surface area (Å²) in [5.41, 5.74) is 2.20. The van der Waals surface area contributed by atoms with Crippen LogP contribution in [0.5, 0.6) is 0 Å². The van der Waals surface area contributed by atoms with Gasteiger partial charge in [-0.05, 0) is 29.8 Å². The molecule has 0 aliphatic carbocycles. The number of carbonyl (C=O) groups is 1. The number of anilines is 1. The van der Waals surface area contributed by atoms with Crippen LogP contribution in [0.3, 0.4) is 0 Å². The van der Waals surface area contributed by atoms with E-state index in [4.69, 9.17) is 22.9 Å². The van der Waals surface area contributed by atoms with Crippen LogP contribution in [0.25, 0.3) is 4.85 Å². The van der Waals surface area contributed by atoms with Crippen LogP contribution in [-0.4, -0.2) is 44.2 Å². The Bertz CT molecular complexity index is 889. The van der Waals surface area contributed by atoms with Crippen molar-refractivity contribution in [2.45, 2.75) is 6.54 Å². The van der Waals surface area contributed by atoms with Gasteiger partial charge in [-0.1, -0.05) is 23.7 Å². The number of ether oxygens (including phenoxy) is 1. The van der Waals surface area contributed by atoms with Crippen LogP contribution < -0.4 is 4.90 Å². The smallest absolute Gasteiger partial charge is 0.339 e. The molecule has 7 heteroatoms. The Morgan fingerprint density at radius 2 is 1.96 bits per heavy atom. The van der Waals surface area contributed by atoms with Crippen LogP contribution in [0, 0.1) is 12.4 Å². The number of nitrogens with zero attached hydrogens (tertiary/aromatic N) is 3. The van der Waals surface area contributed by atoms with Crippen molar-refractivity contribution in [3.63, 3.8) is 0 Å². The quantitative estimate of drug-likeness (QED) is 0.583. The normalized spacial score (nSPS) is 14.7. The van der Waals surface area contributed by atoms with Gasteiger partial charge in [0.05, 0.1) is 30.0 Å². The zero-order valence-corrected chi connectivity index (χ0v) is 15.7. The molecule has 0 N–H and O–H groups in total. The summed E-state index contributed by atoms with van der Waals surface area (Å²) in [5, 5.41) is 0.375. The van der Waals surface area contributed by atoms with E-state index in [-0.39, 0.29) is 5.82 Å². The maximum Gasteiger partial charge on any atom is 0.339 e. The molecule has 1 fully saturated rings. The molecule has 2 aromatic carbocycles. The van der Waals surface area contributed by atoms with Crippen molar-refractivity contribution in [1.29, 1.82) is 0 Å². The number of methoxy groups -OCH3 is 1. The molecule has 2 aromatic rings. The predicted molar refractivity (Wildman–Crippen MR) is 103 cm³/mol. The fourth-order valence-corrected chi connectivity index (χ4v) is 3.44. The average Bonchev–Trinajstić information content (AvgIpc) is 2.68. The van der Waals surface area contributed by atoms with Crippen molar-refractivity contribution in [2.24, 2.45) is 0 Å². The maximum atomic E-state index is 14.2. The van der Waals surface area contributed by atoms with Crippen molar-refractivity contribution in [3.05, 3.63) is 69.8 Å². The van der Waals surface area contributed by atoms with Crippen LogP contribution in [0.1, 0.15) is 15.9 Å². The zero-order valence-electron chi connectivity index (χ0n) is 14.9.